The first-order valence-electron chi connectivity index (χ1n) is 6.88. The second kappa shape index (κ2) is 4.91. The van der Waals surface area contributed by atoms with Crippen molar-refractivity contribution in [1.82, 2.24) is 0 Å². The molecule has 2 aliphatic rings. The number of benzene rings is 1. The molecule has 2 aliphatic carbocycles. The van der Waals surface area contributed by atoms with Crippen molar-refractivity contribution in [1.29, 1.82) is 0 Å². The van der Waals surface area contributed by atoms with Crippen LogP contribution in [0.5, 0.6) is 0 Å². The van der Waals surface area contributed by atoms with Crippen LogP contribution >= 0.6 is 0 Å². The quantitative estimate of drug-likeness (QED) is 0.645. The third-order valence-corrected chi connectivity index (χ3v) is 4.03. The predicted molar refractivity (Wildman–Crippen MR) is 73.8 cm³/mol. The molecule has 1 aromatic carbocycles. The Hall–Kier alpha value is -1.30. The summed E-state index contributed by atoms with van der Waals surface area (Å²) in [5, 5.41) is 0. The molecule has 0 bridgehead atoms. The molecule has 1 aromatic rings. The monoisotopic (exact) mass is 224 g/mol. The minimum atomic E-state index is 0.841. The summed E-state index contributed by atoms with van der Waals surface area (Å²) in [5.74, 6) is 0.841. The van der Waals surface area contributed by atoms with Gasteiger partial charge in [-0.25, -0.2) is 0 Å². The van der Waals surface area contributed by atoms with Crippen LogP contribution in [0, 0.1) is 5.92 Å². The van der Waals surface area contributed by atoms with Crippen LogP contribution in [0.1, 0.15) is 43.2 Å². The zero-order valence-electron chi connectivity index (χ0n) is 10.4. The Morgan fingerprint density at radius 3 is 2.65 bits per heavy atom. The normalized spacial score (nSPS) is 22.7. The summed E-state index contributed by atoms with van der Waals surface area (Å²) in [6.07, 6.45) is 15.3. The maximum atomic E-state index is 2.53. The van der Waals surface area contributed by atoms with E-state index >= 15 is 0 Å². The molecule has 0 aliphatic heterocycles. The van der Waals surface area contributed by atoms with Crippen molar-refractivity contribution >= 4 is 6.08 Å². The highest BCUT2D eigenvalue weighted by atomic mass is 14.2. The highest BCUT2D eigenvalue weighted by Crippen LogP contribution is 2.29. The first-order valence-corrected chi connectivity index (χ1v) is 6.88. The molecule has 0 heterocycles. The fraction of sp³-hybridized carbons (Fsp3) is 0.412. The van der Waals surface area contributed by atoms with Crippen molar-refractivity contribution in [2.45, 2.75) is 38.5 Å². The molecule has 0 saturated heterocycles. The van der Waals surface area contributed by atoms with Crippen LogP contribution in [0.15, 0.2) is 42.0 Å². The van der Waals surface area contributed by atoms with E-state index in [-0.39, 0.29) is 0 Å². The Morgan fingerprint density at radius 1 is 0.941 bits per heavy atom. The van der Waals surface area contributed by atoms with E-state index in [4.69, 9.17) is 0 Å². The van der Waals surface area contributed by atoms with Crippen LogP contribution in [0.2, 0.25) is 0 Å². The van der Waals surface area contributed by atoms with Crippen LogP contribution in [0.3, 0.4) is 0 Å². The second-order valence-corrected chi connectivity index (χ2v) is 5.35. The lowest BCUT2D eigenvalue weighted by Crippen LogP contribution is -2.05. The van der Waals surface area contributed by atoms with Crippen molar-refractivity contribution < 1.29 is 0 Å². The highest BCUT2D eigenvalue weighted by molar-refractivity contribution is 5.61. The van der Waals surface area contributed by atoms with E-state index in [0.717, 1.165) is 12.3 Å². The molecule has 0 atom stereocenters. The summed E-state index contributed by atoms with van der Waals surface area (Å²) in [5.41, 5.74) is 4.40. The lowest BCUT2D eigenvalue weighted by molar-refractivity contribution is 0.418. The van der Waals surface area contributed by atoms with Gasteiger partial charge in [0.2, 0.25) is 0 Å². The first kappa shape index (κ1) is 10.8. The summed E-state index contributed by atoms with van der Waals surface area (Å²) in [6, 6.07) is 8.74. The van der Waals surface area contributed by atoms with Crippen molar-refractivity contribution in [2.24, 2.45) is 5.92 Å². The number of rotatable bonds is 1. The Balaban J connectivity index is 1.77. The van der Waals surface area contributed by atoms with E-state index in [1.54, 1.807) is 0 Å². The summed E-state index contributed by atoms with van der Waals surface area (Å²) < 4.78 is 0. The van der Waals surface area contributed by atoms with E-state index in [2.05, 4.69) is 42.5 Å². The summed E-state index contributed by atoms with van der Waals surface area (Å²) in [4.78, 5) is 0. The van der Waals surface area contributed by atoms with Gasteiger partial charge in [-0.1, -0.05) is 61.8 Å². The molecule has 0 nitrogen and oxygen atoms in total. The van der Waals surface area contributed by atoms with Crippen molar-refractivity contribution in [3.63, 3.8) is 0 Å². The molecule has 88 valence electrons. The van der Waals surface area contributed by atoms with Gasteiger partial charge in [0.1, 0.15) is 0 Å². The maximum absolute atomic E-state index is 2.53. The molecule has 0 radical (unpaired) electrons. The van der Waals surface area contributed by atoms with Gasteiger partial charge in [0, 0.05) is 0 Å². The lowest BCUT2D eigenvalue weighted by atomic mass is 9.85. The molecule has 0 heteroatoms. The molecule has 0 amide bonds. The van der Waals surface area contributed by atoms with Gasteiger partial charge in [-0.05, 0) is 41.9 Å². The maximum Gasteiger partial charge on any atom is -0.00229 e. The third kappa shape index (κ3) is 2.52. The number of hydrogen-bond acceptors (Lipinski definition) is 0. The van der Waals surface area contributed by atoms with Gasteiger partial charge >= 0.3 is 0 Å². The standard InChI is InChI=1S/C17H20/c1-2-6-14(7-3-1)12-15-10-11-16-8-4-5-9-17(16)13-15/h4-5,8-12,14H,1-3,6-7,13H2. The van der Waals surface area contributed by atoms with E-state index in [0.29, 0.717) is 0 Å². The molecule has 0 N–H and O–H groups in total. The Labute approximate surface area is 104 Å². The van der Waals surface area contributed by atoms with Crippen LogP contribution in [0.25, 0.3) is 6.08 Å². The minimum absolute atomic E-state index is 0.841. The Bertz CT molecular complexity index is 445. The largest absolute Gasteiger partial charge is 0.0779 e. The van der Waals surface area contributed by atoms with E-state index in [9.17, 15) is 0 Å². The highest BCUT2D eigenvalue weighted by Gasteiger charge is 2.13. The van der Waals surface area contributed by atoms with Crippen LogP contribution in [-0.2, 0) is 6.42 Å². The zero-order chi connectivity index (χ0) is 11.5. The smallest absolute Gasteiger partial charge is 0.00229 e. The van der Waals surface area contributed by atoms with Crippen LogP contribution in [0.4, 0.5) is 0 Å². The third-order valence-electron chi connectivity index (χ3n) is 4.03. The van der Waals surface area contributed by atoms with E-state index < -0.39 is 0 Å². The van der Waals surface area contributed by atoms with Gasteiger partial charge in [0.05, 0.1) is 0 Å². The molecule has 0 unspecified atom stereocenters. The summed E-state index contributed by atoms with van der Waals surface area (Å²) >= 11 is 0. The summed E-state index contributed by atoms with van der Waals surface area (Å²) in [7, 11) is 0. The fourth-order valence-electron chi connectivity index (χ4n) is 3.05. The van der Waals surface area contributed by atoms with E-state index in [1.807, 2.05) is 0 Å². The number of allylic oxidation sites excluding steroid dienone is 3. The van der Waals surface area contributed by atoms with Crippen molar-refractivity contribution in [3.05, 3.63) is 53.1 Å². The SMILES string of the molecule is C1=Cc2ccccc2CC1=CC1CCCCC1. The molecule has 3 rings (SSSR count). The Kier molecular flexibility index (Phi) is 3.13. The molecule has 17 heavy (non-hydrogen) atoms. The van der Waals surface area contributed by atoms with Crippen molar-refractivity contribution in [3.8, 4) is 0 Å². The topological polar surface area (TPSA) is 0 Å². The van der Waals surface area contributed by atoms with Gasteiger partial charge in [0.15, 0.2) is 0 Å². The minimum Gasteiger partial charge on any atom is -0.0779 e. The second-order valence-electron chi connectivity index (χ2n) is 5.35. The lowest BCUT2D eigenvalue weighted by Gasteiger charge is -2.20. The number of hydrogen-bond donors (Lipinski definition) is 0. The van der Waals surface area contributed by atoms with Gasteiger partial charge < -0.3 is 0 Å². The average molecular weight is 224 g/mol. The van der Waals surface area contributed by atoms with Gasteiger partial charge in [-0.3, -0.25) is 0 Å². The molecular formula is C17H20. The molecule has 1 fully saturated rings. The predicted octanol–water partition coefficient (Wildman–Crippen LogP) is 4.76. The zero-order valence-corrected chi connectivity index (χ0v) is 10.4. The molecule has 0 aromatic heterocycles. The number of fused-ring (bicyclic) bond motifs is 1. The molecule has 0 spiro atoms. The van der Waals surface area contributed by atoms with Crippen LogP contribution < -0.4 is 0 Å². The summed E-state index contributed by atoms with van der Waals surface area (Å²) in [6.45, 7) is 0. The molecule has 1 saturated carbocycles. The average Bonchev–Trinajstić information content (AvgIpc) is 2.40. The van der Waals surface area contributed by atoms with Crippen LogP contribution in [-0.4, -0.2) is 0 Å². The van der Waals surface area contributed by atoms with Gasteiger partial charge in [-0.15, -0.1) is 0 Å². The molecular weight excluding hydrogens is 204 g/mol. The first-order chi connectivity index (χ1) is 8.42. The van der Waals surface area contributed by atoms with Crippen molar-refractivity contribution in [2.75, 3.05) is 0 Å². The van der Waals surface area contributed by atoms with Gasteiger partial charge in [0.25, 0.3) is 0 Å². The van der Waals surface area contributed by atoms with E-state index in [1.165, 1.54) is 48.8 Å². The fourth-order valence-corrected chi connectivity index (χ4v) is 3.05. The Morgan fingerprint density at radius 2 is 1.76 bits per heavy atom. The van der Waals surface area contributed by atoms with Gasteiger partial charge in [-0.2, -0.15) is 0 Å².